The summed E-state index contributed by atoms with van der Waals surface area (Å²) < 4.78 is 0. The molecule has 0 spiro atoms. The number of rotatable bonds is 3. The molecule has 2 aliphatic rings. The largest absolute Gasteiger partial charge is 0.343 e. The van der Waals surface area contributed by atoms with E-state index in [1.54, 1.807) is 6.92 Å². The lowest BCUT2D eigenvalue weighted by atomic mass is 9.99. The smallest absolute Gasteiger partial charge is 0.219 e. The molecule has 2 fully saturated rings. The number of carbonyl (C=O) groups excluding carboxylic acids is 1. The lowest BCUT2D eigenvalue weighted by Crippen LogP contribution is -2.48. The van der Waals surface area contributed by atoms with Crippen molar-refractivity contribution in [1.29, 1.82) is 0 Å². The third-order valence-corrected chi connectivity index (χ3v) is 4.35. The van der Waals surface area contributed by atoms with E-state index in [9.17, 15) is 4.79 Å². The van der Waals surface area contributed by atoms with Crippen molar-refractivity contribution in [2.45, 2.75) is 51.1 Å². The third kappa shape index (κ3) is 3.19. The van der Waals surface area contributed by atoms with Crippen LogP contribution in [0, 0.1) is 5.92 Å². The number of nitrogens with zero attached hydrogens (tertiary/aromatic N) is 1. The summed E-state index contributed by atoms with van der Waals surface area (Å²) >= 11 is 0. The second-order valence-electron chi connectivity index (χ2n) is 5.48. The molecule has 0 aromatic heterocycles. The fourth-order valence-corrected chi connectivity index (χ4v) is 3.20. The molecule has 1 saturated heterocycles. The van der Waals surface area contributed by atoms with Crippen molar-refractivity contribution in [3.05, 3.63) is 0 Å². The van der Waals surface area contributed by atoms with E-state index in [1.807, 2.05) is 4.90 Å². The van der Waals surface area contributed by atoms with Gasteiger partial charge in [0, 0.05) is 32.1 Å². The first-order chi connectivity index (χ1) is 8.20. The summed E-state index contributed by atoms with van der Waals surface area (Å²) in [5.74, 6) is 0.880. The van der Waals surface area contributed by atoms with Crippen molar-refractivity contribution in [3.63, 3.8) is 0 Å². The fourth-order valence-electron chi connectivity index (χ4n) is 3.20. The molecule has 4 heteroatoms. The minimum Gasteiger partial charge on any atom is -0.343 e. The zero-order valence-corrected chi connectivity index (χ0v) is 10.8. The van der Waals surface area contributed by atoms with Crippen LogP contribution in [-0.4, -0.2) is 42.5 Å². The van der Waals surface area contributed by atoms with E-state index in [2.05, 4.69) is 5.32 Å². The van der Waals surface area contributed by atoms with Crippen LogP contribution in [0.4, 0.5) is 0 Å². The van der Waals surface area contributed by atoms with Crippen molar-refractivity contribution < 1.29 is 4.79 Å². The van der Waals surface area contributed by atoms with Crippen molar-refractivity contribution in [1.82, 2.24) is 10.2 Å². The molecule has 2 rings (SSSR count). The summed E-state index contributed by atoms with van der Waals surface area (Å²) in [4.78, 5) is 13.2. The fraction of sp³-hybridized carbons (Fsp3) is 0.923. The molecule has 0 aromatic carbocycles. The van der Waals surface area contributed by atoms with Gasteiger partial charge in [0.1, 0.15) is 0 Å². The Hall–Kier alpha value is -0.610. The minimum atomic E-state index is 0.212. The molecule has 98 valence electrons. The van der Waals surface area contributed by atoms with Gasteiger partial charge in [-0.2, -0.15) is 0 Å². The van der Waals surface area contributed by atoms with E-state index in [0.717, 1.165) is 32.5 Å². The zero-order chi connectivity index (χ0) is 12.3. The molecule has 4 nitrogen and oxygen atoms in total. The summed E-state index contributed by atoms with van der Waals surface area (Å²) in [5, 5.41) is 3.76. The van der Waals surface area contributed by atoms with Crippen molar-refractivity contribution in [2.24, 2.45) is 11.7 Å². The minimum absolute atomic E-state index is 0.212. The van der Waals surface area contributed by atoms with Gasteiger partial charge < -0.3 is 16.0 Å². The van der Waals surface area contributed by atoms with Crippen LogP contribution in [0.15, 0.2) is 0 Å². The molecular formula is C13H25N3O. The summed E-state index contributed by atoms with van der Waals surface area (Å²) in [6.45, 7) is 4.29. The van der Waals surface area contributed by atoms with Crippen molar-refractivity contribution in [2.75, 3.05) is 19.6 Å². The first-order valence-electron chi connectivity index (χ1n) is 6.92. The maximum atomic E-state index is 11.2. The summed E-state index contributed by atoms with van der Waals surface area (Å²) in [6, 6.07) is 1.21. The molecule has 1 saturated carbocycles. The normalized spacial score (nSPS) is 30.8. The molecule has 0 aromatic rings. The first kappa shape index (κ1) is 12.8. The number of likely N-dealkylation sites (tertiary alicyclic amines) is 1. The number of hydrogen-bond donors (Lipinski definition) is 2. The molecule has 2 unspecified atom stereocenters. The van der Waals surface area contributed by atoms with Crippen molar-refractivity contribution >= 4 is 5.91 Å². The van der Waals surface area contributed by atoms with E-state index >= 15 is 0 Å². The third-order valence-electron chi connectivity index (χ3n) is 4.35. The molecule has 1 heterocycles. The maximum absolute atomic E-state index is 11.2. The zero-order valence-electron chi connectivity index (χ0n) is 10.8. The van der Waals surface area contributed by atoms with Crippen LogP contribution in [-0.2, 0) is 4.79 Å². The predicted octanol–water partition coefficient (Wildman–Crippen LogP) is 0.714. The second-order valence-corrected chi connectivity index (χ2v) is 5.48. The van der Waals surface area contributed by atoms with Gasteiger partial charge in [-0.3, -0.25) is 4.79 Å². The highest BCUT2D eigenvalue weighted by Crippen LogP contribution is 2.26. The average Bonchev–Trinajstić information content (AvgIpc) is 2.77. The van der Waals surface area contributed by atoms with E-state index < -0.39 is 0 Å². The highest BCUT2D eigenvalue weighted by Gasteiger charge is 2.29. The number of nitrogens with two attached hydrogens (primary N) is 1. The Labute approximate surface area is 104 Å². The molecule has 17 heavy (non-hydrogen) atoms. The Balaban J connectivity index is 1.76. The van der Waals surface area contributed by atoms with E-state index in [1.165, 1.54) is 19.3 Å². The van der Waals surface area contributed by atoms with Gasteiger partial charge in [0.2, 0.25) is 5.91 Å². The quantitative estimate of drug-likeness (QED) is 0.763. The molecule has 2 atom stereocenters. The van der Waals surface area contributed by atoms with Gasteiger partial charge in [0.15, 0.2) is 0 Å². The standard InChI is InChI=1S/C13H25N3O/c1-10(17)16-7-5-12(6-8-16)15-13-4-2-3-11(13)9-14/h11-13,15H,2-9,14H2,1H3. The maximum Gasteiger partial charge on any atom is 0.219 e. The van der Waals surface area contributed by atoms with Gasteiger partial charge in [-0.15, -0.1) is 0 Å². The predicted molar refractivity (Wildman–Crippen MR) is 68.6 cm³/mol. The van der Waals surface area contributed by atoms with Crippen LogP contribution >= 0.6 is 0 Å². The molecule has 1 amide bonds. The first-order valence-corrected chi connectivity index (χ1v) is 6.92. The molecule has 1 aliphatic heterocycles. The molecular weight excluding hydrogens is 214 g/mol. The molecule has 0 radical (unpaired) electrons. The van der Waals surface area contributed by atoms with Crippen LogP contribution in [0.25, 0.3) is 0 Å². The SMILES string of the molecule is CC(=O)N1CCC(NC2CCCC2CN)CC1. The summed E-state index contributed by atoms with van der Waals surface area (Å²) in [5.41, 5.74) is 5.80. The second kappa shape index (κ2) is 5.83. The van der Waals surface area contributed by atoms with Gasteiger partial charge in [0.25, 0.3) is 0 Å². The lowest BCUT2D eigenvalue weighted by Gasteiger charge is -2.34. The molecule has 3 N–H and O–H groups in total. The highest BCUT2D eigenvalue weighted by molar-refractivity contribution is 5.73. The number of carbonyl (C=O) groups is 1. The van der Waals surface area contributed by atoms with Crippen LogP contribution in [0.3, 0.4) is 0 Å². The highest BCUT2D eigenvalue weighted by atomic mass is 16.2. The van der Waals surface area contributed by atoms with Crippen LogP contribution in [0.2, 0.25) is 0 Å². The van der Waals surface area contributed by atoms with Gasteiger partial charge in [-0.1, -0.05) is 6.42 Å². The van der Waals surface area contributed by atoms with E-state index in [0.29, 0.717) is 18.0 Å². The molecule has 0 bridgehead atoms. The van der Waals surface area contributed by atoms with Crippen molar-refractivity contribution in [3.8, 4) is 0 Å². The van der Waals surface area contributed by atoms with Crippen LogP contribution in [0.5, 0.6) is 0 Å². The summed E-state index contributed by atoms with van der Waals surface area (Å²) in [7, 11) is 0. The average molecular weight is 239 g/mol. The lowest BCUT2D eigenvalue weighted by molar-refractivity contribution is -0.129. The Bertz CT molecular complexity index is 261. The monoisotopic (exact) mass is 239 g/mol. The Morgan fingerprint density at radius 1 is 1.29 bits per heavy atom. The molecule has 1 aliphatic carbocycles. The van der Waals surface area contributed by atoms with E-state index in [4.69, 9.17) is 5.73 Å². The van der Waals surface area contributed by atoms with Crippen LogP contribution < -0.4 is 11.1 Å². The van der Waals surface area contributed by atoms with E-state index in [-0.39, 0.29) is 5.91 Å². The Kier molecular flexibility index (Phi) is 4.40. The van der Waals surface area contributed by atoms with Crippen LogP contribution in [0.1, 0.15) is 39.0 Å². The van der Waals surface area contributed by atoms with Gasteiger partial charge in [-0.25, -0.2) is 0 Å². The van der Waals surface area contributed by atoms with Gasteiger partial charge >= 0.3 is 0 Å². The van der Waals surface area contributed by atoms with Gasteiger partial charge in [0.05, 0.1) is 0 Å². The summed E-state index contributed by atoms with van der Waals surface area (Å²) in [6.07, 6.45) is 6.04. The number of nitrogens with one attached hydrogen (secondary N) is 1. The number of hydrogen-bond acceptors (Lipinski definition) is 3. The number of amides is 1. The topological polar surface area (TPSA) is 58.4 Å². The Morgan fingerprint density at radius 3 is 2.59 bits per heavy atom. The number of piperidine rings is 1. The van der Waals surface area contributed by atoms with Gasteiger partial charge in [-0.05, 0) is 38.1 Å². The Morgan fingerprint density at radius 2 is 2.00 bits per heavy atom.